The molecule has 0 aliphatic rings. The standard InChI is InChI=1S/C19H15FN4O2/c1-24-10-13(11-5-2-3-8-17(11)24)18(25)22-23-19(26)16-9-12-14(20)6-4-7-15(12)21-16/h2-10,21H,1H3,(H,22,25)(H,23,26). The first-order valence-electron chi connectivity index (χ1n) is 7.96. The van der Waals surface area contributed by atoms with Crippen molar-refractivity contribution < 1.29 is 14.0 Å². The second-order valence-electron chi connectivity index (χ2n) is 5.96. The maximum absolute atomic E-state index is 13.7. The first-order valence-corrected chi connectivity index (χ1v) is 7.96. The molecule has 0 fully saturated rings. The van der Waals surface area contributed by atoms with Crippen LogP contribution in [0.5, 0.6) is 0 Å². The molecule has 0 saturated heterocycles. The number of aromatic nitrogens is 2. The molecule has 0 spiro atoms. The average Bonchev–Trinajstić information content (AvgIpc) is 3.23. The number of halogens is 1. The number of fused-ring (bicyclic) bond motifs is 2. The summed E-state index contributed by atoms with van der Waals surface area (Å²) < 4.78 is 15.6. The van der Waals surface area contributed by atoms with Crippen molar-refractivity contribution in [3.8, 4) is 0 Å². The third-order valence-corrected chi connectivity index (χ3v) is 4.29. The number of amides is 2. The number of hydrogen-bond acceptors (Lipinski definition) is 2. The van der Waals surface area contributed by atoms with E-state index in [0.29, 0.717) is 16.5 Å². The topological polar surface area (TPSA) is 78.9 Å². The Kier molecular flexibility index (Phi) is 3.69. The summed E-state index contributed by atoms with van der Waals surface area (Å²) in [5.41, 5.74) is 6.77. The van der Waals surface area contributed by atoms with Gasteiger partial charge in [0.25, 0.3) is 11.8 Å². The molecule has 2 aromatic heterocycles. The normalized spacial score (nSPS) is 11.0. The van der Waals surface area contributed by atoms with Gasteiger partial charge in [0.1, 0.15) is 11.5 Å². The lowest BCUT2D eigenvalue weighted by atomic mass is 10.2. The monoisotopic (exact) mass is 350 g/mol. The van der Waals surface area contributed by atoms with Gasteiger partial charge in [-0.2, -0.15) is 0 Å². The summed E-state index contributed by atoms with van der Waals surface area (Å²) in [6.07, 6.45) is 1.70. The molecule has 0 bridgehead atoms. The van der Waals surface area contributed by atoms with Crippen molar-refractivity contribution in [2.24, 2.45) is 7.05 Å². The zero-order valence-electron chi connectivity index (χ0n) is 13.8. The van der Waals surface area contributed by atoms with Gasteiger partial charge in [-0.1, -0.05) is 24.3 Å². The Morgan fingerprint density at radius 2 is 1.77 bits per heavy atom. The molecular weight excluding hydrogens is 335 g/mol. The number of para-hydroxylation sites is 1. The van der Waals surface area contributed by atoms with E-state index in [1.165, 1.54) is 12.1 Å². The van der Waals surface area contributed by atoms with E-state index >= 15 is 0 Å². The van der Waals surface area contributed by atoms with Crippen molar-refractivity contribution in [1.82, 2.24) is 20.4 Å². The number of H-pyrrole nitrogens is 1. The molecule has 130 valence electrons. The minimum atomic E-state index is -0.561. The largest absolute Gasteiger partial charge is 0.350 e. The highest BCUT2D eigenvalue weighted by atomic mass is 19.1. The van der Waals surface area contributed by atoms with Crippen molar-refractivity contribution in [1.29, 1.82) is 0 Å². The smallest absolute Gasteiger partial charge is 0.286 e. The molecule has 0 atom stereocenters. The van der Waals surface area contributed by atoms with E-state index < -0.39 is 17.6 Å². The van der Waals surface area contributed by atoms with Crippen LogP contribution in [0.25, 0.3) is 21.8 Å². The average molecular weight is 350 g/mol. The lowest BCUT2D eigenvalue weighted by Gasteiger charge is -2.05. The van der Waals surface area contributed by atoms with Crippen molar-refractivity contribution in [3.63, 3.8) is 0 Å². The molecule has 6 nitrogen and oxygen atoms in total. The van der Waals surface area contributed by atoms with Crippen LogP contribution in [-0.2, 0) is 7.05 Å². The van der Waals surface area contributed by atoms with Gasteiger partial charge in [-0.15, -0.1) is 0 Å². The molecule has 0 aliphatic carbocycles. The summed E-state index contributed by atoms with van der Waals surface area (Å²) in [5.74, 6) is -1.41. The maximum atomic E-state index is 13.7. The Morgan fingerprint density at radius 1 is 1.00 bits per heavy atom. The lowest BCUT2D eigenvalue weighted by molar-refractivity contribution is 0.0845. The van der Waals surface area contributed by atoms with Crippen LogP contribution in [0.2, 0.25) is 0 Å². The van der Waals surface area contributed by atoms with Crippen LogP contribution in [0.15, 0.2) is 54.7 Å². The second kappa shape index (κ2) is 6.03. The molecule has 0 aliphatic heterocycles. The van der Waals surface area contributed by atoms with Crippen molar-refractivity contribution in [2.45, 2.75) is 0 Å². The van der Waals surface area contributed by atoms with Crippen LogP contribution in [0.1, 0.15) is 20.8 Å². The first kappa shape index (κ1) is 15.9. The molecule has 2 heterocycles. The van der Waals surface area contributed by atoms with Crippen molar-refractivity contribution in [3.05, 3.63) is 71.8 Å². The first-order chi connectivity index (χ1) is 12.5. The number of carbonyl (C=O) groups excluding carboxylic acids is 2. The third-order valence-electron chi connectivity index (χ3n) is 4.29. The number of aryl methyl sites for hydroxylation is 1. The van der Waals surface area contributed by atoms with Crippen LogP contribution in [0.3, 0.4) is 0 Å². The van der Waals surface area contributed by atoms with Crippen molar-refractivity contribution in [2.75, 3.05) is 0 Å². The van der Waals surface area contributed by atoms with E-state index in [1.54, 1.807) is 18.3 Å². The summed E-state index contributed by atoms with van der Waals surface area (Å²) in [6, 6.07) is 13.4. The Hall–Kier alpha value is -3.61. The van der Waals surface area contributed by atoms with E-state index in [1.807, 2.05) is 35.9 Å². The zero-order chi connectivity index (χ0) is 18.3. The zero-order valence-corrected chi connectivity index (χ0v) is 13.8. The molecule has 0 unspecified atom stereocenters. The van der Waals surface area contributed by atoms with Crippen LogP contribution < -0.4 is 10.9 Å². The van der Waals surface area contributed by atoms with Gasteiger partial charge in [0, 0.05) is 35.1 Å². The van der Waals surface area contributed by atoms with Crippen LogP contribution in [0.4, 0.5) is 4.39 Å². The van der Waals surface area contributed by atoms with Crippen LogP contribution in [0, 0.1) is 5.82 Å². The van der Waals surface area contributed by atoms with Gasteiger partial charge < -0.3 is 9.55 Å². The van der Waals surface area contributed by atoms with E-state index in [2.05, 4.69) is 15.8 Å². The number of aromatic amines is 1. The van der Waals surface area contributed by atoms with Crippen LogP contribution >= 0.6 is 0 Å². The Labute approximate surface area is 147 Å². The lowest BCUT2D eigenvalue weighted by Crippen LogP contribution is -2.41. The van der Waals surface area contributed by atoms with E-state index in [0.717, 1.165) is 10.9 Å². The minimum Gasteiger partial charge on any atom is -0.350 e. The maximum Gasteiger partial charge on any atom is 0.286 e. The van der Waals surface area contributed by atoms with Gasteiger partial charge in [0.05, 0.1) is 5.56 Å². The molecule has 0 saturated carbocycles. The summed E-state index contributed by atoms with van der Waals surface area (Å²) in [4.78, 5) is 27.5. The van der Waals surface area contributed by atoms with E-state index in [9.17, 15) is 14.0 Å². The van der Waals surface area contributed by atoms with Gasteiger partial charge in [0.15, 0.2) is 0 Å². The van der Waals surface area contributed by atoms with Gasteiger partial charge >= 0.3 is 0 Å². The number of hydrazine groups is 1. The molecule has 4 rings (SSSR count). The fraction of sp³-hybridized carbons (Fsp3) is 0.0526. The van der Waals surface area contributed by atoms with Crippen molar-refractivity contribution >= 4 is 33.6 Å². The fourth-order valence-corrected chi connectivity index (χ4v) is 3.01. The number of hydrogen-bond donors (Lipinski definition) is 3. The van der Waals surface area contributed by atoms with E-state index in [-0.39, 0.29) is 5.69 Å². The third kappa shape index (κ3) is 2.59. The quantitative estimate of drug-likeness (QED) is 0.486. The van der Waals surface area contributed by atoms with Gasteiger partial charge in [-0.05, 0) is 24.3 Å². The van der Waals surface area contributed by atoms with E-state index in [4.69, 9.17) is 0 Å². The Morgan fingerprint density at radius 3 is 2.58 bits per heavy atom. The predicted octanol–water partition coefficient (Wildman–Crippen LogP) is 2.87. The summed E-state index contributed by atoms with van der Waals surface area (Å²) in [5, 5.41) is 1.10. The molecular formula is C19H15FN4O2. The Balaban J connectivity index is 1.53. The highest BCUT2D eigenvalue weighted by Gasteiger charge is 2.16. The number of benzene rings is 2. The molecule has 0 radical (unpaired) electrons. The molecule has 7 heteroatoms. The summed E-state index contributed by atoms with van der Waals surface area (Å²) in [6.45, 7) is 0. The summed E-state index contributed by atoms with van der Waals surface area (Å²) in [7, 11) is 1.84. The number of nitrogens with one attached hydrogen (secondary N) is 3. The number of rotatable bonds is 2. The predicted molar refractivity (Wildman–Crippen MR) is 96.1 cm³/mol. The molecule has 3 N–H and O–H groups in total. The molecule has 4 aromatic rings. The SMILES string of the molecule is Cn1cc(C(=O)NNC(=O)c2cc3c(F)cccc3[nH]2)c2ccccc21. The molecule has 26 heavy (non-hydrogen) atoms. The summed E-state index contributed by atoms with van der Waals surface area (Å²) >= 11 is 0. The molecule has 2 amide bonds. The number of carbonyl (C=O) groups is 2. The second-order valence-corrected chi connectivity index (χ2v) is 5.96. The minimum absolute atomic E-state index is 0.156. The highest BCUT2D eigenvalue weighted by Crippen LogP contribution is 2.20. The van der Waals surface area contributed by atoms with Gasteiger partial charge in [-0.25, -0.2) is 4.39 Å². The number of nitrogens with zero attached hydrogens (tertiary/aromatic N) is 1. The van der Waals surface area contributed by atoms with Crippen LogP contribution in [-0.4, -0.2) is 21.4 Å². The highest BCUT2D eigenvalue weighted by molar-refractivity contribution is 6.08. The fourth-order valence-electron chi connectivity index (χ4n) is 3.01. The Bertz CT molecular complexity index is 1160. The van der Waals surface area contributed by atoms with Gasteiger partial charge in [0.2, 0.25) is 0 Å². The van der Waals surface area contributed by atoms with Gasteiger partial charge in [-0.3, -0.25) is 20.4 Å². The molecule has 2 aromatic carbocycles.